The molecule has 1 aromatic heterocycles. The number of hydrogen-bond donors (Lipinski definition) is 3. The summed E-state index contributed by atoms with van der Waals surface area (Å²) in [4.78, 5) is 28.5. The third-order valence-electron chi connectivity index (χ3n) is 3.81. The van der Waals surface area contributed by atoms with E-state index in [4.69, 9.17) is 11.6 Å². The third kappa shape index (κ3) is 5.14. The van der Waals surface area contributed by atoms with E-state index in [1.54, 1.807) is 5.38 Å². The molecular weight excluding hydrogens is 402 g/mol. The summed E-state index contributed by atoms with van der Waals surface area (Å²) in [6.07, 6.45) is 1.76. The summed E-state index contributed by atoms with van der Waals surface area (Å²) in [7, 11) is 0. The van der Waals surface area contributed by atoms with Gasteiger partial charge in [0.05, 0.1) is 5.02 Å². The average Bonchev–Trinajstić information content (AvgIpc) is 3.07. The van der Waals surface area contributed by atoms with E-state index in [1.165, 1.54) is 12.1 Å². The number of nitrogens with zero attached hydrogens (tertiary/aromatic N) is 1. The van der Waals surface area contributed by atoms with Crippen LogP contribution in [0, 0.1) is 5.82 Å². The lowest BCUT2D eigenvalue weighted by atomic mass is 10.1. The first-order valence-electron chi connectivity index (χ1n) is 7.76. The van der Waals surface area contributed by atoms with Crippen molar-refractivity contribution < 1.29 is 14.0 Å². The van der Waals surface area contributed by atoms with Gasteiger partial charge in [-0.1, -0.05) is 11.6 Å². The number of halogens is 3. The van der Waals surface area contributed by atoms with Crippen LogP contribution < -0.4 is 16.0 Å². The fraction of sp³-hybridized carbons (Fsp3) is 0.312. The Balaban J connectivity index is 0.00000243. The minimum absolute atomic E-state index is 0. The van der Waals surface area contributed by atoms with Crippen molar-refractivity contribution in [1.29, 1.82) is 0 Å². The van der Waals surface area contributed by atoms with Crippen molar-refractivity contribution in [2.45, 2.75) is 18.9 Å². The third-order valence-corrected chi connectivity index (χ3v) is 4.86. The number of aromatic nitrogens is 1. The normalized spacial score (nSPS) is 14.4. The number of carbonyl (C=O) groups excluding carboxylic acids is 2. The molecule has 26 heavy (non-hydrogen) atoms. The number of piperidine rings is 1. The van der Waals surface area contributed by atoms with Crippen LogP contribution in [0.25, 0.3) is 0 Å². The van der Waals surface area contributed by atoms with E-state index in [1.807, 2.05) is 0 Å². The van der Waals surface area contributed by atoms with Gasteiger partial charge in [-0.2, -0.15) is 0 Å². The number of anilines is 1. The van der Waals surface area contributed by atoms with Gasteiger partial charge < -0.3 is 10.6 Å². The molecule has 1 aromatic carbocycles. The van der Waals surface area contributed by atoms with Gasteiger partial charge in [-0.3, -0.25) is 14.9 Å². The predicted octanol–water partition coefficient (Wildman–Crippen LogP) is 3.09. The fourth-order valence-electron chi connectivity index (χ4n) is 2.47. The minimum atomic E-state index is -0.593. The highest BCUT2D eigenvalue weighted by Crippen LogP contribution is 2.19. The van der Waals surface area contributed by atoms with Crippen LogP contribution in [-0.2, 0) is 0 Å². The molecule has 0 spiro atoms. The Morgan fingerprint density at radius 3 is 2.69 bits per heavy atom. The maximum atomic E-state index is 13.2. The molecule has 1 fully saturated rings. The molecule has 2 amide bonds. The lowest BCUT2D eigenvalue weighted by Gasteiger charge is -2.23. The molecule has 6 nitrogen and oxygen atoms in total. The first kappa shape index (κ1) is 20.6. The maximum Gasteiger partial charge on any atom is 0.271 e. The van der Waals surface area contributed by atoms with E-state index in [9.17, 15) is 14.0 Å². The lowest BCUT2D eigenvalue weighted by molar-refractivity contribution is 0.0924. The van der Waals surface area contributed by atoms with Crippen LogP contribution in [0.4, 0.5) is 9.52 Å². The summed E-state index contributed by atoms with van der Waals surface area (Å²) in [5, 5.41) is 10.5. The van der Waals surface area contributed by atoms with Crippen molar-refractivity contribution in [1.82, 2.24) is 15.6 Å². The highest BCUT2D eigenvalue weighted by Gasteiger charge is 2.19. The molecule has 10 heteroatoms. The van der Waals surface area contributed by atoms with Crippen LogP contribution in [0.3, 0.4) is 0 Å². The number of rotatable bonds is 4. The van der Waals surface area contributed by atoms with Crippen LogP contribution >= 0.6 is 35.3 Å². The zero-order chi connectivity index (χ0) is 17.8. The molecule has 1 saturated heterocycles. The zero-order valence-electron chi connectivity index (χ0n) is 13.6. The number of amides is 2. The van der Waals surface area contributed by atoms with Gasteiger partial charge >= 0.3 is 0 Å². The average molecular weight is 419 g/mol. The van der Waals surface area contributed by atoms with Crippen molar-refractivity contribution in [3.8, 4) is 0 Å². The predicted molar refractivity (Wildman–Crippen MR) is 102 cm³/mol. The number of carbonyl (C=O) groups is 2. The molecule has 0 atom stereocenters. The summed E-state index contributed by atoms with van der Waals surface area (Å²) in [6.45, 7) is 1.76. The minimum Gasteiger partial charge on any atom is -0.348 e. The fourth-order valence-corrected chi connectivity index (χ4v) is 3.33. The second-order valence-electron chi connectivity index (χ2n) is 5.62. The van der Waals surface area contributed by atoms with Gasteiger partial charge in [-0.15, -0.1) is 23.7 Å². The zero-order valence-corrected chi connectivity index (χ0v) is 15.9. The smallest absolute Gasteiger partial charge is 0.271 e. The van der Waals surface area contributed by atoms with Gasteiger partial charge in [-0.05, 0) is 44.1 Å². The Morgan fingerprint density at radius 2 is 2.00 bits per heavy atom. The molecule has 0 saturated carbocycles. The van der Waals surface area contributed by atoms with Gasteiger partial charge in [-0.25, -0.2) is 9.37 Å². The molecule has 2 aromatic rings. The largest absolute Gasteiger partial charge is 0.348 e. The van der Waals surface area contributed by atoms with Crippen LogP contribution in [-0.4, -0.2) is 35.9 Å². The topological polar surface area (TPSA) is 83.1 Å². The molecule has 3 N–H and O–H groups in total. The summed E-state index contributed by atoms with van der Waals surface area (Å²) in [5.41, 5.74) is 0.471. The van der Waals surface area contributed by atoms with E-state index in [0.717, 1.165) is 43.3 Å². The summed E-state index contributed by atoms with van der Waals surface area (Å²) < 4.78 is 13.2. The van der Waals surface area contributed by atoms with Gasteiger partial charge in [0.2, 0.25) is 0 Å². The van der Waals surface area contributed by atoms with E-state index in [-0.39, 0.29) is 40.6 Å². The van der Waals surface area contributed by atoms with Crippen LogP contribution in [0.2, 0.25) is 5.02 Å². The molecule has 1 aliphatic heterocycles. The quantitative estimate of drug-likeness (QED) is 0.712. The van der Waals surface area contributed by atoms with Crippen LogP contribution in [0.1, 0.15) is 33.7 Å². The Hall–Kier alpha value is -1.74. The van der Waals surface area contributed by atoms with E-state index in [2.05, 4.69) is 20.9 Å². The van der Waals surface area contributed by atoms with Crippen molar-refractivity contribution in [2.24, 2.45) is 0 Å². The second-order valence-corrected chi connectivity index (χ2v) is 6.88. The van der Waals surface area contributed by atoms with Gasteiger partial charge in [0.15, 0.2) is 5.13 Å². The number of thiazole rings is 1. The van der Waals surface area contributed by atoms with Crippen LogP contribution in [0.5, 0.6) is 0 Å². The highest BCUT2D eigenvalue weighted by molar-refractivity contribution is 7.14. The second kappa shape index (κ2) is 9.27. The maximum absolute atomic E-state index is 13.2. The molecule has 0 radical (unpaired) electrons. The van der Waals surface area contributed by atoms with E-state index in [0.29, 0.717) is 5.13 Å². The van der Waals surface area contributed by atoms with Gasteiger partial charge in [0.25, 0.3) is 11.8 Å². The highest BCUT2D eigenvalue weighted by atomic mass is 35.5. The molecule has 0 bridgehead atoms. The number of nitrogens with one attached hydrogen (secondary N) is 3. The molecule has 3 rings (SSSR count). The first-order valence-corrected chi connectivity index (χ1v) is 9.02. The van der Waals surface area contributed by atoms with Crippen molar-refractivity contribution >= 4 is 52.3 Å². The summed E-state index contributed by atoms with van der Waals surface area (Å²) in [6, 6.07) is 3.83. The van der Waals surface area contributed by atoms with Crippen LogP contribution in [0.15, 0.2) is 23.6 Å². The SMILES string of the molecule is Cl.O=C(Nc1nc(C(=O)NC2CCNCC2)cs1)c1ccc(F)c(Cl)c1. The number of hydrogen-bond acceptors (Lipinski definition) is 5. The molecule has 2 heterocycles. The Bertz CT molecular complexity index is 796. The summed E-state index contributed by atoms with van der Waals surface area (Å²) in [5.74, 6) is -1.32. The van der Waals surface area contributed by atoms with Crippen molar-refractivity contribution in [3.05, 3.63) is 45.7 Å². The standard InChI is InChI=1S/C16H16ClFN4O2S.ClH/c17-11-7-9(1-2-12(11)18)14(23)22-16-21-13(8-25-16)15(24)20-10-3-5-19-6-4-10;/h1-2,7-8,10,19H,3-6H2,(H,20,24)(H,21,22,23);1H. The van der Waals surface area contributed by atoms with E-state index >= 15 is 0 Å². The molecule has 1 aliphatic rings. The Kier molecular flexibility index (Phi) is 7.33. The lowest BCUT2D eigenvalue weighted by Crippen LogP contribution is -2.42. The molecular formula is C16H17Cl2FN4O2S. The Morgan fingerprint density at radius 1 is 1.27 bits per heavy atom. The van der Waals surface area contributed by atoms with Gasteiger partial charge in [0, 0.05) is 17.0 Å². The van der Waals surface area contributed by atoms with Crippen molar-refractivity contribution in [3.63, 3.8) is 0 Å². The summed E-state index contributed by atoms with van der Waals surface area (Å²) >= 11 is 6.82. The Labute approximate surface area is 164 Å². The first-order chi connectivity index (χ1) is 12.0. The molecule has 0 aliphatic carbocycles. The number of benzene rings is 1. The molecule has 0 unspecified atom stereocenters. The van der Waals surface area contributed by atoms with E-state index < -0.39 is 11.7 Å². The molecule has 140 valence electrons. The van der Waals surface area contributed by atoms with Crippen molar-refractivity contribution in [2.75, 3.05) is 18.4 Å². The monoisotopic (exact) mass is 418 g/mol. The van der Waals surface area contributed by atoms with Gasteiger partial charge in [0.1, 0.15) is 11.5 Å².